The smallest absolute Gasteiger partial charge is 0.356 e. The van der Waals surface area contributed by atoms with Crippen LogP contribution in [0.1, 0.15) is 0 Å². The van der Waals surface area contributed by atoms with Gasteiger partial charge in [-0.05, 0) is 0 Å². The molecular weight excluding hydrogens is 303 g/mol. The number of rotatable bonds is 0. The van der Waals surface area contributed by atoms with Crippen LogP contribution in [0.3, 0.4) is 0 Å². The Hall–Kier alpha value is 0.712. The zero-order chi connectivity index (χ0) is 7.15. The van der Waals surface area contributed by atoms with Gasteiger partial charge in [0.15, 0.2) is 0 Å². The van der Waals surface area contributed by atoms with E-state index in [0.29, 0.717) is 0 Å². The van der Waals surface area contributed by atoms with Crippen molar-refractivity contribution in [3.8, 4) is 0 Å². The first-order valence-electron chi connectivity index (χ1n) is 1.10. The molecule has 0 rings (SSSR count). The van der Waals surface area contributed by atoms with Crippen LogP contribution >= 0.6 is 0 Å². The Morgan fingerprint density at radius 2 is 0.750 bits per heavy atom. The third-order valence-corrected chi connectivity index (χ3v) is 0. The first-order valence-corrected chi connectivity index (χ1v) is 1.10. The molecule has 0 aromatic carbocycles. The Morgan fingerprint density at radius 1 is 0.750 bits per heavy atom. The van der Waals surface area contributed by atoms with Gasteiger partial charge in [0.1, 0.15) is 0 Å². The van der Waals surface area contributed by atoms with Gasteiger partial charge in [0.05, 0.1) is 10.2 Å². The van der Waals surface area contributed by atoms with Crippen molar-refractivity contribution in [1.29, 1.82) is 0 Å². The summed E-state index contributed by atoms with van der Waals surface area (Å²) < 4.78 is 0. The summed E-state index contributed by atoms with van der Waals surface area (Å²) >= 11 is 0. The molecule has 0 aliphatic heterocycles. The molecule has 0 N–H and O–H groups in total. The minimum absolute atomic E-state index is 0. The summed E-state index contributed by atoms with van der Waals surface area (Å²) in [6, 6.07) is 0. The van der Waals surface area contributed by atoms with Crippen molar-refractivity contribution in [2.45, 2.75) is 0 Å². The molecule has 0 amide bonds. The van der Waals surface area contributed by atoms with Crippen molar-refractivity contribution in [2.75, 3.05) is 0 Å². The molecule has 12 heteroatoms. The van der Waals surface area contributed by atoms with Crippen LogP contribution in [0, 0.1) is 30.6 Å². The molecule has 0 saturated carbocycles. The largest absolute Gasteiger partial charge is 4.00 e. The van der Waals surface area contributed by atoms with Gasteiger partial charge in [0, 0.05) is 0 Å². The maximum Gasteiger partial charge on any atom is 4.00 e. The van der Waals surface area contributed by atoms with Crippen LogP contribution in [-0.2, 0) is 56.4 Å². The van der Waals surface area contributed by atoms with Crippen molar-refractivity contribution >= 4 is 17.4 Å². The van der Waals surface area contributed by atoms with Crippen LogP contribution in [0.2, 0.25) is 0 Å². The van der Waals surface area contributed by atoms with Crippen molar-refractivity contribution in [1.82, 2.24) is 0 Å². The minimum Gasteiger partial charge on any atom is -0.356 e. The maximum absolute atomic E-state index is 8.25. The monoisotopic (exact) mass is 303 g/mol. The SMILES string of the molecule is O=[N+]([O-])[O-].O=[N+]([O-])[O-].[Al+3].[Cr+3].[Cr+3].[Ti+4]. The molecule has 0 fully saturated rings. The Kier molecular flexibility index (Phi) is 96.2. The van der Waals surface area contributed by atoms with Crippen molar-refractivity contribution in [2.24, 2.45) is 0 Å². The molecule has 0 spiro atoms. The topological polar surface area (TPSA) is 132 Å². The van der Waals surface area contributed by atoms with Crippen LogP contribution in [0.15, 0.2) is 0 Å². The van der Waals surface area contributed by atoms with E-state index in [1.165, 1.54) is 0 Å². The third-order valence-electron chi connectivity index (χ3n) is 0. The van der Waals surface area contributed by atoms with Gasteiger partial charge in [-0.25, -0.2) is 0 Å². The average Bonchev–Trinajstić information content (AvgIpc) is 1.25. The van der Waals surface area contributed by atoms with Crippen LogP contribution in [0.5, 0.6) is 0 Å². The fourth-order valence-corrected chi connectivity index (χ4v) is 0. The Balaban J connectivity index is -0.0000000112. The van der Waals surface area contributed by atoms with E-state index >= 15 is 0 Å². The minimum atomic E-state index is -1.75. The zero-order valence-electron chi connectivity index (χ0n) is 5.24. The van der Waals surface area contributed by atoms with E-state index in [1.54, 1.807) is 0 Å². The summed E-state index contributed by atoms with van der Waals surface area (Å²) in [5.41, 5.74) is 0. The fraction of sp³-hybridized carbons (Fsp3) is 0. The van der Waals surface area contributed by atoms with Gasteiger partial charge in [-0.1, -0.05) is 0 Å². The van der Waals surface area contributed by atoms with Gasteiger partial charge in [-0.15, -0.1) is 0 Å². The van der Waals surface area contributed by atoms with Gasteiger partial charge >= 0.3 is 73.8 Å². The normalized spacial score (nSPS) is 4.00. The summed E-state index contributed by atoms with van der Waals surface area (Å²) in [7, 11) is 0. The molecule has 0 atom stereocenters. The number of hydrogen-bond acceptors (Lipinski definition) is 6. The summed E-state index contributed by atoms with van der Waals surface area (Å²) in [5.74, 6) is 0. The Labute approximate surface area is 114 Å². The Morgan fingerprint density at radius 3 is 0.750 bits per heavy atom. The molecule has 0 heterocycles. The molecule has 0 aromatic rings. The fourth-order valence-electron chi connectivity index (χ4n) is 0. The molecule has 0 aliphatic carbocycles. The quantitative estimate of drug-likeness (QED) is 0.324. The van der Waals surface area contributed by atoms with Crippen LogP contribution in [-0.4, -0.2) is 27.5 Å². The zero-order valence-corrected chi connectivity index (χ0v) is 10.5. The summed E-state index contributed by atoms with van der Waals surface area (Å²) in [4.78, 5) is 16.5. The van der Waals surface area contributed by atoms with Crippen LogP contribution in [0.4, 0.5) is 0 Å². The van der Waals surface area contributed by atoms with Crippen molar-refractivity contribution < 1.29 is 66.6 Å². The van der Waals surface area contributed by atoms with Crippen LogP contribution < -0.4 is 0 Å². The summed E-state index contributed by atoms with van der Waals surface area (Å²) in [5, 5.41) is 29.5. The maximum atomic E-state index is 8.25. The van der Waals surface area contributed by atoms with E-state index in [0.717, 1.165) is 0 Å². The van der Waals surface area contributed by atoms with E-state index in [1.807, 2.05) is 0 Å². The molecule has 8 nitrogen and oxygen atoms in total. The molecular formula is AlCr2N2O6Ti+11. The predicted molar refractivity (Wildman–Crippen MR) is 26.5 cm³/mol. The standard InChI is InChI=1S/Al.2Cr.2NO3.Ti/c;;;2*2-1(3)4;/q3*+3;2*-1;+4. The van der Waals surface area contributed by atoms with Crippen molar-refractivity contribution in [3.63, 3.8) is 0 Å². The Bertz CT molecular complexity index is 81.5. The summed E-state index contributed by atoms with van der Waals surface area (Å²) in [6.45, 7) is 0. The van der Waals surface area contributed by atoms with E-state index in [9.17, 15) is 0 Å². The van der Waals surface area contributed by atoms with Crippen molar-refractivity contribution in [3.05, 3.63) is 30.6 Å². The first kappa shape index (κ1) is 38.7. The summed E-state index contributed by atoms with van der Waals surface area (Å²) in [6.07, 6.45) is 0. The molecule has 0 saturated heterocycles. The predicted octanol–water partition coefficient (Wildman–Crippen LogP) is -0.867. The second-order valence-corrected chi connectivity index (χ2v) is 0.447. The molecule has 0 unspecified atom stereocenters. The molecule has 0 bridgehead atoms. The molecule has 12 heavy (non-hydrogen) atoms. The van der Waals surface area contributed by atoms with E-state index in [4.69, 9.17) is 30.6 Å². The van der Waals surface area contributed by atoms with Crippen LogP contribution in [0.25, 0.3) is 0 Å². The van der Waals surface area contributed by atoms with Gasteiger partial charge in [-0.2, -0.15) is 0 Å². The van der Waals surface area contributed by atoms with Gasteiger partial charge in [0.2, 0.25) is 0 Å². The first-order chi connectivity index (χ1) is 3.46. The second kappa shape index (κ2) is 29.8. The molecule has 0 aliphatic rings. The number of hydrogen-bond donors (Lipinski definition) is 0. The van der Waals surface area contributed by atoms with Gasteiger partial charge in [-0.3, -0.25) is 0 Å². The van der Waals surface area contributed by atoms with Gasteiger partial charge < -0.3 is 30.6 Å². The van der Waals surface area contributed by atoms with E-state index in [-0.39, 0.29) is 73.8 Å². The number of nitrogens with zero attached hydrogens (tertiary/aromatic N) is 2. The second-order valence-electron chi connectivity index (χ2n) is 0.447. The van der Waals surface area contributed by atoms with E-state index in [2.05, 4.69) is 0 Å². The van der Waals surface area contributed by atoms with E-state index < -0.39 is 10.2 Å². The third kappa shape index (κ3) is 1990. The average molecular weight is 303 g/mol. The molecule has 54 valence electrons. The molecule has 2 radical (unpaired) electrons. The van der Waals surface area contributed by atoms with Gasteiger partial charge in [0.25, 0.3) is 0 Å². The molecule has 0 aromatic heterocycles.